The van der Waals surface area contributed by atoms with Crippen LogP contribution in [0.25, 0.3) is 0 Å². The van der Waals surface area contributed by atoms with E-state index in [1.165, 1.54) is 6.26 Å². The maximum Gasteiger partial charge on any atom is 0.387 e. The van der Waals surface area contributed by atoms with Crippen molar-refractivity contribution in [2.24, 2.45) is 0 Å². The van der Waals surface area contributed by atoms with Gasteiger partial charge in [-0.3, -0.25) is 0 Å². The average molecular weight is 388 g/mol. The fourth-order valence-electron chi connectivity index (χ4n) is 2.35. The molecule has 1 aliphatic rings. The molecule has 0 atom stereocenters. The zero-order chi connectivity index (χ0) is 15.9. The van der Waals surface area contributed by atoms with Gasteiger partial charge in [-0.1, -0.05) is 23.4 Å². The Labute approximate surface area is 139 Å². The van der Waals surface area contributed by atoms with Gasteiger partial charge in [0.15, 0.2) is 0 Å². The molecular formula is C15H12BrF2NO2S. The van der Waals surface area contributed by atoms with Gasteiger partial charge in [0.25, 0.3) is 0 Å². The van der Waals surface area contributed by atoms with Crippen molar-refractivity contribution in [3.8, 4) is 5.75 Å². The number of rotatable bonds is 5. The number of alkyl halides is 2. The van der Waals surface area contributed by atoms with E-state index in [-0.39, 0.29) is 5.75 Å². The Hall–Kier alpha value is -1.34. The van der Waals surface area contributed by atoms with Crippen LogP contribution in [0.4, 0.5) is 8.78 Å². The van der Waals surface area contributed by atoms with Gasteiger partial charge >= 0.3 is 6.61 Å². The van der Waals surface area contributed by atoms with E-state index in [2.05, 4.69) is 25.8 Å². The summed E-state index contributed by atoms with van der Waals surface area (Å²) in [5.41, 5.74) is 2.83. The number of thiocarbonyl (C=S) groups is 1. The number of halogens is 3. The molecule has 1 saturated carbocycles. The topological polar surface area (TPSA) is 35.3 Å². The molecule has 1 aromatic carbocycles. The van der Waals surface area contributed by atoms with E-state index in [9.17, 15) is 8.78 Å². The first-order valence-corrected chi connectivity index (χ1v) is 7.92. The van der Waals surface area contributed by atoms with E-state index in [1.54, 1.807) is 19.1 Å². The highest BCUT2D eigenvalue weighted by Crippen LogP contribution is 2.42. The molecule has 0 unspecified atom stereocenters. The summed E-state index contributed by atoms with van der Waals surface area (Å²) in [6, 6.07) is 3.43. The molecule has 0 saturated heterocycles. The van der Waals surface area contributed by atoms with Crippen molar-refractivity contribution in [2.75, 3.05) is 0 Å². The van der Waals surface area contributed by atoms with Crippen LogP contribution in [0.5, 0.6) is 5.75 Å². The van der Waals surface area contributed by atoms with E-state index in [0.29, 0.717) is 26.4 Å². The van der Waals surface area contributed by atoms with E-state index >= 15 is 0 Å². The molecule has 0 radical (unpaired) electrons. The SMILES string of the molecule is Cc1c(C(=S)c2conc2C2CC2)ccc(Br)c1OC(F)F. The molecule has 116 valence electrons. The summed E-state index contributed by atoms with van der Waals surface area (Å²) in [4.78, 5) is 0.535. The molecule has 0 N–H and O–H groups in total. The molecular weight excluding hydrogens is 376 g/mol. The highest BCUT2D eigenvalue weighted by atomic mass is 79.9. The number of hydrogen-bond donors (Lipinski definition) is 0. The maximum absolute atomic E-state index is 12.6. The molecule has 0 spiro atoms. The molecule has 1 fully saturated rings. The Bertz CT molecular complexity index is 728. The molecule has 1 aromatic heterocycles. The first-order chi connectivity index (χ1) is 10.5. The van der Waals surface area contributed by atoms with Crippen LogP contribution in [0.1, 0.15) is 41.1 Å². The van der Waals surface area contributed by atoms with Crippen molar-refractivity contribution in [1.29, 1.82) is 0 Å². The van der Waals surface area contributed by atoms with Crippen molar-refractivity contribution >= 4 is 33.0 Å². The molecule has 3 rings (SSSR count). The minimum absolute atomic E-state index is 0.0966. The van der Waals surface area contributed by atoms with E-state index in [0.717, 1.165) is 24.1 Å². The zero-order valence-corrected chi connectivity index (χ0v) is 14.0. The van der Waals surface area contributed by atoms with Gasteiger partial charge in [0.05, 0.1) is 20.6 Å². The zero-order valence-electron chi connectivity index (χ0n) is 11.6. The van der Waals surface area contributed by atoms with Gasteiger partial charge in [-0.05, 0) is 47.3 Å². The van der Waals surface area contributed by atoms with Crippen LogP contribution in [0.2, 0.25) is 0 Å². The van der Waals surface area contributed by atoms with Gasteiger partial charge in [0, 0.05) is 11.5 Å². The van der Waals surface area contributed by atoms with Crippen LogP contribution < -0.4 is 4.74 Å². The fraction of sp³-hybridized carbons (Fsp3) is 0.333. The molecule has 2 aromatic rings. The smallest absolute Gasteiger partial charge is 0.387 e. The summed E-state index contributed by atoms with van der Waals surface area (Å²) in [6.07, 6.45) is 3.66. The lowest BCUT2D eigenvalue weighted by atomic mass is 9.99. The number of hydrogen-bond acceptors (Lipinski definition) is 4. The number of benzene rings is 1. The predicted octanol–water partition coefficient (Wildman–Crippen LogP) is 4.99. The Morgan fingerprint density at radius 2 is 2.14 bits per heavy atom. The molecule has 3 nitrogen and oxygen atoms in total. The van der Waals surface area contributed by atoms with Gasteiger partial charge in [0.1, 0.15) is 12.0 Å². The lowest BCUT2D eigenvalue weighted by molar-refractivity contribution is -0.0508. The molecule has 7 heteroatoms. The van der Waals surface area contributed by atoms with E-state index < -0.39 is 6.61 Å². The number of aromatic nitrogens is 1. The molecule has 0 bridgehead atoms. The van der Waals surface area contributed by atoms with Crippen LogP contribution in [0, 0.1) is 6.92 Å². The normalized spacial score (nSPS) is 14.4. The van der Waals surface area contributed by atoms with E-state index in [4.69, 9.17) is 16.7 Å². The highest BCUT2D eigenvalue weighted by molar-refractivity contribution is 9.10. The largest absolute Gasteiger partial charge is 0.433 e. The average Bonchev–Trinajstić information content (AvgIpc) is 3.20. The van der Waals surface area contributed by atoms with Gasteiger partial charge < -0.3 is 9.26 Å². The Kier molecular flexibility index (Phi) is 4.27. The summed E-state index contributed by atoms with van der Waals surface area (Å²) in [5, 5.41) is 4.02. The van der Waals surface area contributed by atoms with Crippen molar-refractivity contribution in [1.82, 2.24) is 5.16 Å². The van der Waals surface area contributed by atoms with Crippen LogP contribution >= 0.6 is 28.1 Å². The number of nitrogens with zero attached hydrogens (tertiary/aromatic N) is 1. The van der Waals surface area contributed by atoms with Crippen molar-refractivity contribution < 1.29 is 18.0 Å². The van der Waals surface area contributed by atoms with Crippen molar-refractivity contribution in [3.05, 3.63) is 45.3 Å². The minimum Gasteiger partial charge on any atom is -0.433 e. The van der Waals surface area contributed by atoms with E-state index in [1.807, 2.05) is 0 Å². The Balaban J connectivity index is 2.00. The summed E-state index contributed by atoms with van der Waals surface area (Å²) in [7, 11) is 0. The molecule has 0 aliphatic heterocycles. The first kappa shape index (κ1) is 15.6. The summed E-state index contributed by atoms with van der Waals surface area (Å²) >= 11 is 8.74. The summed E-state index contributed by atoms with van der Waals surface area (Å²) < 4.78 is 35.2. The minimum atomic E-state index is -2.89. The van der Waals surface area contributed by atoms with Crippen LogP contribution in [-0.2, 0) is 0 Å². The van der Waals surface area contributed by atoms with Crippen molar-refractivity contribution in [3.63, 3.8) is 0 Å². The van der Waals surface area contributed by atoms with Gasteiger partial charge in [-0.2, -0.15) is 8.78 Å². The van der Waals surface area contributed by atoms with Gasteiger partial charge in [0.2, 0.25) is 0 Å². The second-order valence-corrected chi connectivity index (χ2v) is 6.41. The van der Waals surface area contributed by atoms with Crippen LogP contribution in [0.15, 0.2) is 27.4 Å². The third-order valence-corrected chi connectivity index (χ3v) is 4.68. The highest BCUT2D eigenvalue weighted by Gasteiger charge is 2.31. The fourth-order valence-corrected chi connectivity index (χ4v) is 3.25. The van der Waals surface area contributed by atoms with Gasteiger partial charge in [-0.25, -0.2) is 0 Å². The van der Waals surface area contributed by atoms with Crippen LogP contribution in [0.3, 0.4) is 0 Å². The Morgan fingerprint density at radius 1 is 1.41 bits per heavy atom. The molecule has 0 amide bonds. The Morgan fingerprint density at radius 3 is 2.77 bits per heavy atom. The maximum atomic E-state index is 12.6. The quantitative estimate of drug-likeness (QED) is 0.534. The van der Waals surface area contributed by atoms with Crippen LogP contribution in [-0.4, -0.2) is 16.6 Å². The van der Waals surface area contributed by atoms with Crippen molar-refractivity contribution in [2.45, 2.75) is 32.3 Å². The number of ether oxygens (including phenoxy) is 1. The second kappa shape index (κ2) is 6.04. The summed E-state index contributed by atoms with van der Waals surface area (Å²) in [5.74, 6) is 0.485. The first-order valence-electron chi connectivity index (χ1n) is 6.72. The lowest BCUT2D eigenvalue weighted by Gasteiger charge is -2.14. The van der Waals surface area contributed by atoms with Gasteiger partial charge in [-0.15, -0.1) is 0 Å². The third kappa shape index (κ3) is 2.92. The predicted molar refractivity (Wildman–Crippen MR) is 84.8 cm³/mol. The molecule has 1 aliphatic carbocycles. The molecule has 22 heavy (non-hydrogen) atoms. The standard InChI is InChI=1S/C15H12BrF2NO2S/c1-7-9(4-5-11(16)13(7)21-15(17)18)14(22)10-6-20-19-12(10)8-2-3-8/h4-6,8,15H,2-3H2,1H3. The third-order valence-electron chi connectivity index (χ3n) is 3.62. The molecule has 1 heterocycles. The lowest BCUT2D eigenvalue weighted by Crippen LogP contribution is -2.09. The second-order valence-electron chi connectivity index (χ2n) is 5.14. The summed E-state index contributed by atoms with van der Waals surface area (Å²) in [6.45, 7) is -1.19. The monoisotopic (exact) mass is 387 g/mol.